The van der Waals surface area contributed by atoms with E-state index in [1.165, 1.54) is 5.56 Å². The number of pyridine rings is 1. The summed E-state index contributed by atoms with van der Waals surface area (Å²) in [6, 6.07) is 12.4. The first-order chi connectivity index (χ1) is 11.8. The summed E-state index contributed by atoms with van der Waals surface area (Å²) in [5.41, 5.74) is 2.21. The average molecular weight is 339 g/mol. The van der Waals surface area contributed by atoms with Gasteiger partial charge in [-0.25, -0.2) is 0 Å². The van der Waals surface area contributed by atoms with Crippen LogP contribution in [0.4, 0.5) is 0 Å². The highest BCUT2D eigenvalue weighted by Crippen LogP contribution is 2.48. The fraction of sp³-hybridized carbons (Fsp3) is 0.333. The minimum absolute atomic E-state index is 0.0153. The highest BCUT2D eigenvalue weighted by molar-refractivity contribution is 8.14. The SMILES string of the molecule is C[C@@H]1CN2C(=N[C@H](c3ccccn3)[C@H]2c2ccc3c(c2)OCO3)S1. The van der Waals surface area contributed by atoms with Crippen LogP contribution in [0.15, 0.2) is 47.6 Å². The van der Waals surface area contributed by atoms with E-state index in [0.717, 1.165) is 28.9 Å². The molecular weight excluding hydrogens is 322 g/mol. The molecule has 1 fully saturated rings. The van der Waals surface area contributed by atoms with Gasteiger partial charge >= 0.3 is 0 Å². The fourth-order valence-electron chi connectivity index (χ4n) is 3.58. The van der Waals surface area contributed by atoms with Crippen molar-refractivity contribution in [3.05, 3.63) is 53.9 Å². The summed E-state index contributed by atoms with van der Waals surface area (Å²) < 4.78 is 11.0. The lowest BCUT2D eigenvalue weighted by Gasteiger charge is -2.27. The second kappa shape index (κ2) is 5.41. The molecule has 5 nitrogen and oxygen atoms in total. The lowest BCUT2D eigenvalue weighted by atomic mass is 9.96. The van der Waals surface area contributed by atoms with E-state index in [-0.39, 0.29) is 12.1 Å². The van der Waals surface area contributed by atoms with Crippen molar-refractivity contribution in [2.75, 3.05) is 13.3 Å². The summed E-state index contributed by atoms with van der Waals surface area (Å²) in [7, 11) is 0. The van der Waals surface area contributed by atoms with E-state index in [1.54, 1.807) is 0 Å². The van der Waals surface area contributed by atoms with Crippen molar-refractivity contribution in [2.45, 2.75) is 24.3 Å². The predicted octanol–water partition coefficient (Wildman–Crippen LogP) is 3.40. The Bertz CT molecular complexity index is 811. The van der Waals surface area contributed by atoms with Gasteiger partial charge in [0.2, 0.25) is 6.79 Å². The van der Waals surface area contributed by atoms with Crippen molar-refractivity contribution in [3.63, 3.8) is 0 Å². The molecule has 0 radical (unpaired) electrons. The number of aliphatic imine (C=N–C) groups is 1. The maximum absolute atomic E-state index is 5.57. The second-order valence-corrected chi connectivity index (χ2v) is 7.66. The number of thioether (sulfide) groups is 1. The molecule has 2 aromatic rings. The van der Waals surface area contributed by atoms with Gasteiger partial charge in [-0.1, -0.05) is 30.8 Å². The standard InChI is InChI=1S/C18H17N3O2S/c1-11-9-21-17(12-5-6-14-15(8-12)23-10-22-14)16(20-18(21)24-11)13-4-2-3-7-19-13/h2-8,11,16-17H,9-10H2,1H3/t11-,16-,17-/m1/s1. The van der Waals surface area contributed by atoms with Gasteiger partial charge in [0.25, 0.3) is 0 Å². The summed E-state index contributed by atoms with van der Waals surface area (Å²) in [5.74, 6) is 1.64. The van der Waals surface area contributed by atoms with E-state index in [0.29, 0.717) is 12.0 Å². The molecule has 0 amide bonds. The molecule has 0 unspecified atom stereocenters. The van der Waals surface area contributed by atoms with Crippen molar-refractivity contribution in [3.8, 4) is 11.5 Å². The van der Waals surface area contributed by atoms with Crippen LogP contribution in [0.1, 0.15) is 30.3 Å². The number of rotatable bonds is 2. The first kappa shape index (κ1) is 14.2. The molecule has 3 aliphatic rings. The van der Waals surface area contributed by atoms with Crippen LogP contribution in [-0.2, 0) is 0 Å². The molecule has 0 aliphatic carbocycles. The molecule has 1 saturated heterocycles. The van der Waals surface area contributed by atoms with Crippen LogP contribution < -0.4 is 9.47 Å². The average Bonchev–Trinajstić information content (AvgIpc) is 3.28. The molecule has 5 rings (SSSR count). The summed E-state index contributed by atoms with van der Waals surface area (Å²) in [5, 5.41) is 1.69. The van der Waals surface area contributed by atoms with Crippen molar-refractivity contribution >= 4 is 16.9 Å². The van der Waals surface area contributed by atoms with Gasteiger partial charge in [0.05, 0.1) is 11.7 Å². The van der Waals surface area contributed by atoms with Gasteiger partial charge < -0.3 is 14.4 Å². The van der Waals surface area contributed by atoms with E-state index in [1.807, 2.05) is 36.2 Å². The number of hydrogen-bond acceptors (Lipinski definition) is 6. The summed E-state index contributed by atoms with van der Waals surface area (Å²) in [6.45, 7) is 3.55. The summed E-state index contributed by atoms with van der Waals surface area (Å²) in [4.78, 5) is 12.0. The number of hydrogen-bond donors (Lipinski definition) is 0. The van der Waals surface area contributed by atoms with E-state index in [4.69, 9.17) is 14.5 Å². The Balaban J connectivity index is 1.58. The van der Waals surface area contributed by atoms with Crippen LogP contribution in [0.5, 0.6) is 11.5 Å². The minimum Gasteiger partial charge on any atom is -0.454 e. The van der Waals surface area contributed by atoms with Gasteiger partial charge in [0, 0.05) is 18.0 Å². The maximum Gasteiger partial charge on any atom is 0.231 e. The van der Waals surface area contributed by atoms with Crippen molar-refractivity contribution in [1.29, 1.82) is 0 Å². The molecule has 122 valence electrons. The fourth-order valence-corrected chi connectivity index (χ4v) is 4.67. The monoisotopic (exact) mass is 339 g/mol. The number of amidine groups is 1. The zero-order valence-corrected chi connectivity index (χ0v) is 14.1. The predicted molar refractivity (Wildman–Crippen MR) is 93.5 cm³/mol. The molecule has 1 aromatic heterocycles. The Labute approximate surface area is 144 Å². The zero-order chi connectivity index (χ0) is 16.1. The number of nitrogens with zero attached hydrogens (tertiary/aromatic N) is 3. The molecule has 6 heteroatoms. The van der Waals surface area contributed by atoms with Gasteiger partial charge in [0.1, 0.15) is 6.04 Å². The third kappa shape index (κ3) is 2.17. The van der Waals surface area contributed by atoms with Crippen LogP contribution in [-0.4, -0.2) is 33.6 Å². The van der Waals surface area contributed by atoms with E-state index < -0.39 is 0 Å². The first-order valence-corrected chi connectivity index (χ1v) is 8.99. The highest BCUT2D eigenvalue weighted by atomic mass is 32.2. The Hall–Kier alpha value is -2.21. The lowest BCUT2D eigenvalue weighted by molar-refractivity contribution is 0.174. The van der Waals surface area contributed by atoms with Gasteiger partial charge in [-0.15, -0.1) is 0 Å². The van der Waals surface area contributed by atoms with Gasteiger partial charge in [0.15, 0.2) is 16.7 Å². The van der Waals surface area contributed by atoms with Crippen LogP contribution in [0, 0.1) is 0 Å². The van der Waals surface area contributed by atoms with Crippen LogP contribution >= 0.6 is 11.8 Å². The topological polar surface area (TPSA) is 47.0 Å². The molecular formula is C18H17N3O2S. The van der Waals surface area contributed by atoms with Crippen molar-refractivity contribution in [2.24, 2.45) is 4.99 Å². The number of benzene rings is 1. The summed E-state index contributed by atoms with van der Waals surface area (Å²) >= 11 is 1.85. The number of ether oxygens (including phenoxy) is 2. The zero-order valence-electron chi connectivity index (χ0n) is 13.3. The molecule has 1 aromatic carbocycles. The molecule has 24 heavy (non-hydrogen) atoms. The smallest absolute Gasteiger partial charge is 0.231 e. The van der Waals surface area contributed by atoms with Crippen LogP contribution in [0.3, 0.4) is 0 Å². The van der Waals surface area contributed by atoms with E-state index >= 15 is 0 Å². The molecule has 0 saturated carbocycles. The van der Waals surface area contributed by atoms with Crippen molar-refractivity contribution < 1.29 is 9.47 Å². The van der Waals surface area contributed by atoms with Crippen LogP contribution in [0.2, 0.25) is 0 Å². The molecule has 0 N–H and O–H groups in total. The molecule has 3 aliphatic heterocycles. The Morgan fingerprint density at radius 2 is 2.08 bits per heavy atom. The van der Waals surface area contributed by atoms with Gasteiger partial charge in [-0.2, -0.15) is 0 Å². The van der Waals surface area contributed by atoms with E-state index in [2.05, 4.69) is 35.0 Å². The van der Waals surface area contributed by atoms with Crippen LogP contribution in [0.25, 0.3) is 0 Å². The first-order valence-electron chi connectivity index (χ1n) is 8.11. The Morgan fingerprint density at radius 1 is 1.17 bits per heavy atom. The molecule has 0 bridgehead atoms. The van der Waals surface area contributed by atoms with Gasteiger partial charge in [-0.05, 0) is 29.8 Å². The Morgan fingerprint density at radius 3 is 2.96 bits per heavy atom. The molecule has 0 spiro atoms. The maximum atomic E-state index is 5.57. The lowest BCUT2D eigenvalue weighted by Crippen LogP contribution is -2.28. The third-order valence-electron chi connectivity index (χ3n) is 4.62. The van der Waals surface area contributed by atoms with Crippen molar-refractivity contribution in [1.82, 2.24) is 9.88 Å². The second-order valence-electron chi connectivity index (χ2n) is 6.25. The number of aromatic nitrogens is 1. The molecule has 3 atom stereocenters. The normalized spacial score (nSPS) is 27.3. The van der Waals surface area contributed by atoms with E-state index in [9.17, 15) is 0 Å². The largest absolute Gasteiger partial charge is 0.454 e. The van der Waals surface area contributed by atoms with Gasteiger partial charge in [-0.3, -0.25) is 9.98 Å². The third-order valence-corrected chi connectivity index (χ3v) is 5.72. The minimum atomic E-state index is 0.0153. The number of fused-ring (bicyclic) bond motifs is 2. The Kier molecular flexibility index (Phi) is 3.19. The summed E-state index contributed by atoms with van der Waals surface area (Å²) in [6.07, 6.45) is 1.84. The highest BCUT2D eigenvalue weighted by Gasteiger charge is 2.43. The quantitative estimate of drug-likeness (QED) is 0.839. The molecule has 4 heterocycles.